The van der Waals surface area contributed by atoms with Gasteiger partial charge in [-0.25, -0.2) is 4.68 Å². The zero-order valence-corrected chi connectivity index (χ0v) is 16.3. The van der Waals surface area contributed by atoms with Crippen molar-refractivity contribution in [3.8, 4) is 17.2 Å². The molecule has 1 amide bonds. The minimum atomic E-state index is -0.396. The van der Waals surface area contributed by atoms with E-state index in [4.69, 9.17) is 21.1 Å². The fraction of sp³-hybridized carbons (Fsp3) is 0.250. The molecule has 3 aromatic rings. The van der Waals surface area contributed by atoms with Crippen LogP contribution in [0.25, 0.3) is 5.69 Å². The number of aromatic nitrogens is 3. The normalized spacial score (nSPS) is 13.1. The van der Waals surface area contributed by atoms with Crippen molar-refractivity contribution in [2.75, 3.05) is 18.5 Å². The molecule has 0 radical (unpaired) electrons. The van der Waals surface area contributed by atoms with Crippen molar-refractivity contribution in [2.24, 2.45) is 0 Å². The molecule has 4 rings (SSSR count). The molecule has 0 bridgehead atoms. The first-order chi connectivity index (χ1) is 13.5. The number of nitrogens with one attached hydrogen (secondary N) is 1. The van der Waals surface area contributed by atoms with Crippen molar-refractivity contribution in [1.82, 2.24) is 15.0 Å². The van der Waals surface area contributed by atoms with E-state index in [9.17, 15) is 4.79 Å². The molecular weight excluding hydrogens is 380 g/mol. The quantitative estimate of drug-likeness (QED) is 0.722. The minimum absolute atomic E-state index is 0.227. The van der Waals surface area contributed by atoms with Crippen LogP contribution in [0.3, 0.4) is 0 Å². The van der Waals surface area contributed by atoms with Crippen LogP contribution in [0.4, 0.5) is 5.69 Å². The first-order valence-corrected chi connectivity index (χ1v) is 9.30. The van der Waals surface area contributed by atoms with Gasteiger partial charge in [0.1, 0.15) is 0 Å². The van der Waals surface area contributed by atoms with Crippen LogP contribution in [0.1, 0.15) is 28.2 Å². The molecule has 1 aliphatic heterocycles. The Hall–Kier alpha value is -3.06. The van der Waals surface area contributed by atoms with Crippen LogP contribution >= 0.6 is 11.6 Å². The lowest BCUT2D eigenvalue weighted by atomic mass is 10.2. The summed E-state index contributed by atoms with van der Waals surface area (Å²) in [6.45, 7) is 4.91. The molecule has 2 aromatic carbocycles. The van der Waals surface area contributed by atoms with Gasteiger partial charge in [-0.2, -0.15) is 0 Å². The maximum absolute atomic E-state index is 12.8. The number of halogens is 1. The molecule has 0 saturated heterocycles. The van der Waals surface area contributed by atoms with Crippen molar-refractivity contribution in [3.05, 3.63) is 58.4 Å². The van der Waals surface area contributed by atoms with Gasteiger partial charge in [-0.05, 0) is 31.5 Å². The molecule has 0 fully saturated rings. The number of amides is 1. The number of carbonyl (C=O) groups excluding carboxylic acids is 1. The number of benzene rings is 2. The second-order valence-corrected chi connectivity index (χ2v) is 6.96. The lowest BCUT2D eigenvalue weighted by Gasteiger charge is -2.12. The third-order valence-electron chi connectivity index (χ3n) is 4.44. The van der Waals surface area contributed by atoms with Crippen LogP contribution in [0.5, 0.6) is 11.5 Å². The van der Waals surface area contributed by atoms with E-state index in [2.05, 4.69) is 15.6 Å². The first-order valence-electron chi connectivity index (χ1n) is 8.93. The summed E-state index contributed by atoms with van der Waals surface area (Å²) < 4.78 is 12.9. The van der Waals surface area contributed by atoms with Gasteiger partial charge in [0.15, 0.2) is 17.2 Å². The Morgan fingerprint density at radius 1 is 1.14 bits per heavy atom. The second-order valence-electron chi connectivity index (χ2n) is 6.56. The predicted octanol–water partition coefficient (Wildman–Crippen LogP) is 3.95. The van der Waals surface area contributed by atoms with Crippen LogP contribution in [-0.4, -0.2) is 34.1 Å². The smallest absolute Gasteiger partial charge is 0.278 e. The van der Waals surface area contributed by atoms with E-state index in [1.54, 1.807) is 23.7 Å². The summed E-state index contributed by atoms with van der Waals surface area (Å²) in [6.07, 6.45) is 0.787. The van der Waals surface area contributed by atoms with E-state index >= 15 is 0 Å². The van der Waals surface area contributed by atoms with Crippen LogP contribution in [-0.2, 0) is 0 Å². The summed E-state index contributed by atoms with van der Waals surface area (Å²) in [7, 11) is 0. The number of ether oxygens (including phenoxy) is 2. The molecule has 1 aromatic heterocycles. The highest BCUT2D eigenvalue weighted by molar-refractivity contribution is 6.34. The van der Waals surface area contributed by atoms with Gasteiger partial charge in [-0.3, -0.25) is 4.79 Å². The Bertz CT molecular complexity index is 1050. The lowest BCUT2D eigenvalue weighted by Crippen LogP contribution is -2.14. The first kappa shape index (κ1) is 18.3. The number of hydrogen-bond donors (Lipinski definition) is 1. The molecule has 0 saturated carbocycles. The molecule has 2 heterocycles. The van der Waals surface area contributed by atoms with Gasteiger partial charge in [0.05, 0.1) is 35.3 Å². The number of aryl methyl sites for hydroxylation is 1. The Labute approximate surface area is 167 Å². The molecule has 28 heavy (non-hydrogen) atoms. The maximum atomic E-state index is 12.8. The van der Waals surface area contributed by atoms with Gasteiger partial charge in [-0.15, -0.1) is 5.10 Å². The fourth-order valence-corrected chi connectivity index (χ4v) is 3.21. The predicted molar refractivity (Wildman–Crippen MR) is 106 cm³/mol. The van der Waals surface area contributed by atoms with E-state index < -0.39 is 5.91 Å². The Balaban J connectivity index is 1.60. The number of rotatable bonds is 3. The molecule has 0 spiro atoms. The van der Waals surface area contributed by atoms with Gasteiger partial charge >= 0.3 is 0 Å². The summed E-state index contributed by atoms with van der Waals surface area (Å²) in [5.41, 5.74) is 3.23. The Morgan fingerprint density at radius 2 is 1.89 bits per heavy atom. The van der Waals surface area contributed by atoms with E-state index in [1.165, 1.54) is 0 Å². The molecule has 0 unspecified atom stereocenters. The largest absolute Gasteiger partial charge is 0.490 e. The van der Waals surface area contributed by atoms with Gasteiger partial charge in [-0.1, -0.05) is 28.9 Å². The monoisotopic (exact) mass is 398 g/mol. The SMILES string of the molecule is Cc1cccc(-n2nnc(C(=O)Nc3cc4c(cc3Cl)OCCCO4)c2C)c1. The average molecular weight is 399 g/mol. The third kappa shape index (κ3) is 3.53. The van der Waals surface area contributed by atoms with Gasteiger partial charge in [0.25, 0.3) is 5.91 Å². The average Bonchev–Trinajstić information content (AvgIpc) is 2.91. The van der Waals surface area contributed by atoms with E-state index in [0.29, 0.717) is 41.1 Å². The minimum Gasteiger partial charge on any atom is -0.490 e. The van der Waals surface area contributed by atoms with E-state index in [0.717, 1.165) is 17.7 Å². The highest BCUT2D eigenvalue weighted by atomic mass is 35.5. The highest BCUT2D eigenvalue weighted by Gasteiger charge is 2.20. The molecule has 8 heteroatoms. The summed E-state index contributed by atoms with van der Waals surface area (Å²) in [5.74, 6) is 0.729. The van der Waals surface area contributed by atoms with Crippen molar-refractivity contribution in [3.63, 3.8) is 0 Å². The fourth-order valence-electron chi connectivity index (χ4n) is 3.01. The summed E-state index contributed by atoms with van der Waals surface area (Å²) in [6, 6.07) is 11.1. The van der Waals surface area contributed by atoms with Crippen molar-refractivity contribution in [2.45, 2.75) is 20.3 Å². The molecule has 7 nitrogen and oxygen atoms in total. The standard InChI is InChI=1S/C20H19ClN4O3/c1-12-5-3-6-14(9-12)25-13(2)19(23-24-25)20(26)22-16-11-18-17(10-15(16)21)27-7-4-8-28-18/h3,5-6,9-11H,4,7-8H2,1-2H3,(H,22,26). The van der Waals surface area contributed by atoms with E-state index in [1.807, 2.05) is 31.2 Å². The Kier molecular flexibility index (Phi) is 4.92. The van der Waals surface area contributed by atoms with E-state index in [-0.39, 0.29) is 5.69 Å². The number of fused-ring (bicyclic) bond motifs is 1. The van der Waals surface area contributed by atoms with Gasteiger partial charge in [0.2, 0.25) is 0 Å². The molecule has 1 aliphatic rings. The maximum Gasteiger partial charge on any atom is 0.278 e. The second kappa shape index (κ2) is 7.52. The summed E-state index contributed by atoms with van der Waals surface area (Å²) in [4.78, 5) is 12.8. The Morgan fingerprint density at radius 3 is 2.64 bits per heavy atom. The molecule has 0 atom stereocenters. The van der Waals surface area contributed by atoms with Gasteiger partial charge in [0, 0.05) is 18.6 Å². The zero-order chi connectivity index (χ0) is 19.7. The van der Waals surface area contributed by atoms with Crippen molar-refractivity contribution in [1.29, 1.82) is 0 Å². The molecular formula is C20H19ClN4O3. The lowest BCUT2D eigenvalue weighted by molar-refractivity contribution is 0.102. The van der Waals surface area contributed by atoms with Crippen LogP contribution in [0, 0.1) is 13.8 Å². The highest BCUT2D eigenvalue weighted by Crippen LogP contribution is 2.37. The van der Waals surface area contributed by atoms with Gasteiger partial charge < -0.3 is 14.8 Å². The topological polar surface area (TPSA) is 78.3 Å². The number of nitrogens with zero attached hydrogens (tertiary/aromatic N) is 3. The van der Waals surface area contributed by atoms with Crippen molar-refractivity contribution < 1.29 is 14.3 Å². The number of carbonyl (C=O) groups is 1. The molecule has 0 aliphatic carbocycles. The zero-order valence-electron chi connectivity index (χ0n) is 15.5. The molecule has 1 N–H and O–H groups in total. The van der Waals surface area contributed by atoms with Crippen LogP contribution in [0.15, 0.2) is 36.4 Å². The van der Waals surface area contributed by atoms with Crippen LogP contribution < -0.4 is 14.8 Å². The number of anilines is 1. The third-order valence-corrected chi connectivity index (χ3v) is 4.75. The number of hydrogen-bond acceptors (Lipinski definition) is 5. The summed E-state index contributed by atoms with van der Waals surface area (Å²) >= 11 is 6.31. The summed E-state index contributed by atoms with van der Waals surface area (Å²) in [5, 5.41) is 11.3. The van der Waals surface area contributed by atoms with Crippen LogP contribution in [0.2, 0.25) is 5.02 Å². The molecule has 144 valence electrons. The van der Waals surface area contributed by atoms with Crippen molar-refractivity contribution >= 4 is 23.2 Å².